The predicted molar refractivity (Wildman–Crippen MR) is 100 cm³/mol. The third kappa shape index (κ3) is 4.42. The van der Waals surface area contributed by atoms with Crippen molar-refractivity contribution in [1.29, 1.82) is 0 Å². The van der Waals surface area contributed by atoms with Crippen molar-refractivity contribution >= 4 is 5.91 Å². The summed E-state index contributed by atoms with van der Waals surface area (Å²) in [5.74, 6) is 0.214. The molecule has 3 rings (SSSR count). The molecule has 1 aromatic rings. The Kier molecular flexibility index (Phi) is 5.80. The Morgan fingerprint density at radius 2 is 1.84 bits per heavy atom. The van der Waals surface area contributed by atoms with Crippen LogP contribution >= 0.6 is 0 Å². The van der Waals surface area contributed by atoms with Gasteiger partial charge in [-0.15, -0.1) is 0 Å². The molecule has 2 fully saturated rings. The smallest absolute Gasteiger partial charge is 0.222 e. The molecule has 4 nitrogen and oxygen atoms in total. The Morgan fingerprint density at radius 3 is 2.48 bits per heavy atom. The number of likely N-dealkylation sites (tertiary alicyclic amines) is 2. The van der Waals surface area contributed by atoms with Crippen LogP contribution in [0.3, 0.4) is 0 Å². The van der Waals surface area contributed by atoms with Crippen molar-refractivity contribution < 1.29 is 9.90 Å². The first-order valence-electron chi connectivity index (χ1n) is 9.76. The van der Waals surface area contributed by atoms with Gasteiger partial charge in [0.2, 0.25) is 5.91 Å². The molecular weight excluding hydrogens is 312 g/mol. The molecule has 0 unspecified atom stereocenters. The van der Waals surface area contributed by atoms with Gasteiger partial charge in [0.15, 0.2) is 0 Å². The molecule has 1 amide bonds. The van der Waals surface area contributed by atoms with Gasteiger partial charge in [0.05, 0.1) is 6.10 Å². The molecule has 0 aromatic heterocycles. The largest absolute Gasteiger partial charge is 0.392 e. The van der Waals surface area contributed by atoms with Crippen LogP contribution in [0.5, 0.6) is 0 Å². The minimum Gasteiger partial charge on any atom is -0.392 e. The van der Waals surface area contributed by atoms with Gasteiger partial charge in [-0.05, 0) is 62.2 Å². The summed E-state index contributed by atoms with van der Waals surface area (Å²) in [4.78, 5) is 16.6. The van der Waals surface area contributed by atoms with Crippen molar-refractivity contribution in [2.24, 2.45) is 5.41 Å². The predicted octanol–water partition coefficient (Wildman–Crippen LogP) is 2.83. The van der Waals surface area contributed by atoms with Gasteiger partial charge in [0.1, 0.15) is 0 Å². The zero-order valence-corrected chi connectivity index (χ0v) is 15.7. The number of piperidine rings is 2. The lowest BCUT2D eigenvalue weighted by Crippen LogP contribution is -2.52. The second kappa shape index (κ2) is 7.88. The fraction of sp³-hybridized carbons (Fsp3) is 0.667. The normalized spacial score (nSPS) is 22.4. The molecule has 1 atom stereocenters. The number of aliphatic hydroxyl groups excluding tert-OH is 1. The highest BCUT2D eigenvalue weighted by Crippen LogP contribution is 2.40. The minimum absolute atomic E-state index is 0.214. The van der Waals surface area contributed by atoms with Gasteiger partial charge in [-0.2, -0.15) is 0 Å². The van der Waals surface area contributed by atoms with Crippen molar-refractivity contribution in [3.63, 3.8) is 0 Å². The van der Waals surface area contributed by atoms with Crippen LogP contribution in [0.4, 0.5) is 0 Å². The number of hydrogen-bond acceptors (Lipinski definition) is 3. The third-order valence-electron chi connectivity index (χ3n) is 6.04. The summed E-state index contributed by atoms with van der Waals surface area (Å²) < 4.78 is 0. The van der Waals surface area contributed by atoms with Crippen molar-refractivity contribution in [1.82, 2.24) is 9.80 Å². The molecule has 1 spiro atoms. The number of amides is 1. The van der Waals surface area contributed by atoms with Crippen molar-refractivity contribution in [3.8, 4) is 0 Å². The van der Waals surface area contributed by atoms with Gasteiger partial charge < -0.3 is 10.0 Å². The highest BCUT2D eigenvalue weighted by Gasteiger charge is 2.41. The van der Waals surface area contributed by atoms with Crippen LogP contribution in [0, 0.1) is 5.41 Å². The topological polar surface area (TPSA) is 43.8 Å². The lowest BCUT2D eigenvalue weighted by Gasteiger charge is -2.47. The van der Waals surface area contributed by atoms with E-state index in [-0.39, 0.29) is 11.3 Å². The van der Waals surface area contributed by atoms with E-state index in [9.17, 15) is 9.90 Å². The Balaban J connectivity index is 1.58. The third-order valence-corrected chi connectivity index (χ3v) is 6.04. The number of aryl methyl sites for hydroxylation is 1. The van der Waals surface area contributed by atoms with Gasteiger partial charge >= 0.3 is 0 Å². The molecular formula is C21H32N2O2. The highest BCUT2D eigenvalue weighted by molar-refractivity contribution is 5.77. The second-order valence-corrected chi connectivity index (χ2v) is 8.02. The Hall–Kier alpha value is -1.39. The number of hydrogen-bond donors (Lipinski definition) is 1. The molecule has 0 aliphatic carbocycles. The maximum atomic E-state index is 12.1. The monoisotopic (exact) mass is 344 g/mol. The van der Waals surface area contributed by atoms with E-state index in [2.05, 4.69) is 36.1 Å². The zero-order valence-electron chi connectivity index (χ0n) is 15.7. The summed E-state index contributed by atoms with van der Waals surface area (Å²) in [6.07, 6.45) is 4.62. The first kappa shape index (κ1) is 18.4. The summed E-state index contributed by atoms with van der Waals surface area (Å²) in [6, 6.07) is 8.76. The van der Waals surface area contributed by atoms with Crippen LogP contribution in [0.1, 0.15) is 50.7 Å². The van der Waals surface area contributed by atoms with E-state index in [1.54, 1.807) is 6.92 Å². The molecule has 138 valence electrons. The number of rotatable bonds is 5. The minimum atomic E-state index is -0.440. The molecule has 1 N–H and O–H groups in total. The fourth-order valence-electron chi connectivity index (χ4n) is 4.48. The summed E-state index contributed by atoms with van der Waals surface area (Å²) in [5.41, 5.74) is 3.17. The van der Waals surface area contributed by atoms with E-state index < -0.39 is 6.10 Å². The maximum Gasteiger partial charge on any atom is 0.222 e. The average molecular weight is 344 g/mol. The van der Waals surface area contributed by atoms with Crippen LogP contribution in [-0.2, 0) is 17.8 Å². The van der Waals surface area contributed by atoms with Gasteiger partial charge in [0.25, 0.3) is 0 Å². The molecule has 1 aromatic carbocycles. The van der Waals surface area contributed by atoms with Crippen LogP contribution in [0.15, 0.2) is 24.3 Å². The van der Waals surface area contributed by atoms with Gasteiger partial charge in [0, 0.05) is 26.1 Å². The lowest BCUT2D eigenvalue weighted by molar-refractivity contribution is -0.140. The maximum absolute atomic E-state index is 12.1. The van der Waals surface area contributed by atoms with E-state index in [0.29, 0.717) is 13.0 Å². The van der Waals surface area contributed by atoms with Crippen molar-refractivity contribution in [2.75, 3.05) is 26.2 Å². The van der Waals surface area contributed by atoms with Gasteiger partial charge in [-0.1, -0.05) is 31.2 Å². The quantitative estimate of drug-likeness (QED) is 0.893. The molecule has 2 aliphatic heterocycles. The molecule has 4 heteroatoms. The van der Waals surface area contributed by atoms with Gasteiger partial charge in [-0.3, -0.25) is 9.69 Å². The first-order chi connectivity index (χ1) is 12.0. The summed E-state index contributed by atoms with van der Waals surface area (Å²) in [5, 5.41) is 9.66. The lowest BCUT2D eigenvalue weighted by atomic mass is 9.72. The molecule has 0 saturated carbocycles. The molecule has 0 bridgehead atoms. The van der Waals surface area contributed by atoms with E-state index in [4.69, 9.17) is 0 Å². The van der Waals surface area contributed by atoms with Crippen molar-refractivity contribution in [3.05, 3.63) is 35.4 Å². The SMILES string of the molecule is CCc1ccccc1CN1CCC2(CCC(=O)N(C[C@H](C)O)C2)CC1. The number of aliphatic hydroxyl groups is 1. The van der Waals surface area contributed by atoms with E-state index in [1.807, 2.05) is 4.90 Å². The molecule has 0 radical (unpaired) electrons. The first-order valence-corrected chi connectivity index (χ1v) is 9.76. The van der Waals surface area contributed by atoms with E-state index >= 15 is 0 Å². The number of nitrogens with zero attached hydrogens (tertiary/aromatic N) is 2. The zero-order chi connectivity index (χ0) is 17.9. The van der Waals surface area contributed by atoms with Crippen LogP contribution in [0.2, 0.25) is 0 Å². The molecule has 2 aliphatic rings. The Bertz CT molecular complexity index is 591. The van der Waals surface area contributed by atoms with Crippen LogP contribution in [0.25, 0.3) is 0 Å². The molecule has 2 saturated heterocycles. The van der Waals surface area contributed by atoms with Crippen LogP contribution < -0.4 is 0 Å². The Labute approximate surface area is 151 Å². The molecule has 2 heterocycles. The summed E-state index contributed by atoms with van der Waals surface area (Å²) in [6.45, 7) is 8.55. The highest BCUT2D eigenvalue weighted by atomic mass is 16.3. The van der Waals surface area contributed by atoms with E-state index in [0.717, 1.165) is 51.9 Å². The number of β-amino-alcohol motifs (C(OH)–C–C–N with tert-alkyl or cyclic N) is 1. The van der Waals surface area contributed by atoms with Crippen LogP contribution in [-0.4, -0.2) is 53.1 Å². The summed E-state index contributed by atoms with van der Waals surface area (Å²) >= 11 is 0. The van der Waals surface area contributed by atoms with Gasteiger partial charge in [-0.25, -0.2) is 0 Å². The number of carbonyl (C=O) groups excluding carboxylic acids is 1. The van der Waals surface area contributed by atoms with Crippen molar-refractivity contribution in [2.45, 2.75) is 58.6 Å². The fourth-order valence-corrected chi connectivity index (χ4v) is 4.48. The second-order valence-electron chi connectivity index (χ2n) is 8.02. The number of carbonyl (C=O) groups is 1. The Morgan fingerprint density at radius 1 is 1.16 bits per heavy atom. The summed E-state index contributed by atoms with van der Waals surface area (Å²) in [7, 11) is 0. The van der Waals surface area contributed by atoms with E-state index in [1.165, 1.54) is 11.1 Å². The average Bonchev–Trinajstić information content (AvgIpc) is 2.60. The molecule has 25 heavy (non-hydrogen) atoms. The standard InChI is InChI=1S/C21H32N2O2/c1-3-18-6-4-5-7-19(18)15-22-12-10-21(11-13-22)9-8-20(25)23(16-21)14-17(2)24/h4-7,17,24H,3,8-16H2,1-2H3/t17-/m0/s1. The number of benzene rings is 1.